The van der Waals surface area contributed by atoms with E-state index in [1.165, 1.54) is 0 Å². The number of hydrogen-bond acceptors (Lipinski definition) is 4. The lowest BCUT2D eigenvalue weighted by atomic mass is 10.1. The Morgan fingerprint density at radius 2 is 2.03 bits per heavy atom. The second-order valence-corrected chi connectivity index (χ2v) is 7.37. The van der Waals surface area contributed by atoms with Gasteiger partial charge in [-0.3, -0.25) is 13.8 Å². The largest absolute Gasteiger partial charge is 0.284 e. The number of rotatable bonds is 6. The van der Waals surface area contributed by atoms with E-state index < -0.39 is 6.08 Å². The number of aryl methyl sites for hydroxylation is 1. The fourth-order valence-corrected chi connectivity index (χ4v) is 3.67. The van der Waals surface area contributed by atoms with Crippen molar-refractivity contribution < 1.29 is 8.78 Å². The predicted octanol–water partition coefficient (Wildman–Crippen LogP) is 4.11. The molecule has 0 aliphatic heterocycles. The van der Waals surface area contributed by atoms with Gasteiger partial charge in [0, 0.05) is 43.5 Å². The van der Waals surface area contributed by atoms with Crippen LogP contribution < -0.4 is 0 Å². The van der Waals surface area contributed by atoms with Crippen molar-refractivity contribution in [1.82, 2.24) is 33.9 Å². The average molecular weight is 395 g/mol. The fraction of sp³-hybridized carbons (Fsp3) is 0.300. The summed E-state index contributed by atoms with van der Waals surface area (Å²) in [5.74, 6) is 1.09. The molecule has 7 nitrogen and oxygen atoms in total. The van der Waals surface area contributed by atoms with Crippen LogP contribution in [-0.4, -0.2) is 33.9 Å². The maximum Gasteiger partial charge on any atom is 0.266 e. The molecule has 1 aliphatic rings. The molecule has 4 aromatic heterocycles. The quantitative estimate of drug-likeness (QED) is 0.493. The third kappa shape index (κ3) is 3.43. The van der Waals surface area contributed by atoms with Gasteiger partial charge in [0.2, 0.25) is 0 Å². The van der Waals surface area contributed by atoms with Crippen LogP contribution in [0.15, 0.2) is 55.4 Å². The predicted molar refractivity (Wildman–Crippen MR) is 103 cm³/mol. The highest BCUT2D eigenvalue weighted by Gasteiger charge is 2.32. The molecular weight excluding hydrogens is 376 g/mol. The van der Waals surface area contributed by atoms with Gasteiger partial charge in [-0.2, -0.15) is 19.0 Å². The molecule has 0 spiro atoms. The Bertz CT molecular complexity index is 1190. The summed E-state index contributed by atoms with van der Waals surface area (Å²) in [6.45, 7) is 0. The fourth-order valence-electron chi connectivity index (χ4n) is 3.67. The van der Waals surface area contributed by atoms with Gasteiger partial charge >= 0.3 is 0 Å². The SMILES string of the molecule is Cn1cc(-c2cc3nccn3c(-c3cnn(C(CC=C(F)F)C4CC4)c3)n2)cn1. The van der Waals surface area contributed by atoms with Crippen LogP contribution in [0.4, 0.5) is 8.78 Å². The van der Waals surface area contributed by atoms with Crippen LogP contribution in [0.25, 0.3) is 28.3 Å². The first-order valence-corrected chi connectivity index (χ1v) is 9.47. The number of aromatic nitrogens is 7. The normalized spacial score (nSPS) is 15.0. The summed E-state index contributed by atoms with van der Waals surface area (Å²) in [6.07, 6.45) is 12.6. The topological polar surface area (TPSA) is 65.8 Å². The molecule has 0 aromatic carbocycles. The lowest BCUT2D eigenvalue weighted by molar-refractivity contribution is 0.383. The summed E-state index contributed by atoms with van der Waals surface area (Å²) >= 11 is 0. The van der Waals surface area contributed by atoms with E-state index in [0.29, 0.717) is 11.7 Å². The summed E-state index contributed by atoms with van der Waals surface area (Å²) < 4.78 is 30.7. The summed E-state index contributed by atoms with van der Waals surface area (Å²) in [7, 11) is 1.86. The van der Waals surface area contributed by atoms with E-state index in [4.69, 9.17) is 4.98 Å². The van der Waals surface area contributed by atoms with Gasteiger partial charge in [-0.25, -0.2) is 9.97 Å². The minimum absolute atomic E-state index is 0.0648. The Balaban J connectivity index is 1.56. The zero-order valence-corrected chi connectivity index (χ0v) is 15.8. The van der Waals surface area contributed by atoms with Crippen LogP contribution in [0.5, 0.6) is 0 Å². The van der Waals surface area contributed by atoms with Crippen molar-refractivity contribution in [2.75, 3.05) is 0 Å². The van der Waals surface area contributed by atoms with Crippen LogP contribution in [-0.2, 0) is 7.05 Å². The maximum absolute atomic E-state index is 12.6. The van der Waals surface area contributed by atoms with E-state index in [1.54, 1.807) is 28.0 Å². The first kappa shape index (κ1) is 17.7. The van der Waals surface area contributed by atoms with E-state index in [2.05, 4.69) is 15.2 Å². The molecule has 1 fully saturated rings. The number of imidazole rings is 1. The summed E-state index contributed by atoms with van der Waals surface area (Å²) in [6, 6.07) is 1.84. The maximum atomic E-state index is 12.6. The Morgan fingerprint density at radius 3 is 2.76 bits per heavy atom. The summed E-state index contributed by atoms with van der Waals surface area (Å²) in [4.78, 5) is 9.22. The first-order valence-electron chi connectivity index (χ1n) is 9.47. The molecule has 1 unspecified atom stereocenters. The Labute approximate surface area is 165 Å². The standard InChI is InChI=1S/C20H19F2N7/c1-27-11-14(9-24-27)16-8-19-23-6-7-28(19)20(26-16)15-10-25-29(12-15)17(13-2-3-13)4-5-18(21)22/h5-13,17H,2-4H2,1H3. The van der Waals surface area contributed by atoms with Crippen molar-refractivity contribution in [1.29, 1.82) is 0 Å². The number of nitrogens with zero attached hydrogens (tertiary/aromatic N) is 7. The van der Waals surface area contributed by atoms with Gasteiger partial charge in [0.05, 0.1) is 29.7 Å². The van der Waals surface area contributed by atoms with Gasteiger partial charge in [0.25, 0.3) is 6.08 Å². The van der Waals surface area contributed by atoms with Crippen LogP contribution >= 0.6 is 0 Å². The first-order chi connectivity index (χ1) is 14.1. The summed E-state index contributed by atoms with van der Waals surface area (Å²) in [5, 5.41) is 8.70. The molecule has 4 aromatic rings. The molecule has 0 N–H and O–H groups in total. The van der Waals surface area contributed by atoms with Crippen LogP contribution in [0.3, 0.4) is 0 Å². The number of fused-ring (bicyclic) bond motifs is 1. The Kier molecular flexibility index (Phi) is 4.22. The molecule has 0 bridgehead atoms. The van der Waals surface area contributed by atoms with Crippen molar-refractivity contribution >= 4 is 5.65 Å². The third-order valence-corrected chi connectivity index (χ3v) is 5.27. The van der Waals surface area contributed by atoms with Crippen molar-refractivity contribution in [2.24, 2.45) is 13.0 Å². The molecule has 1 atom stereocenters. The molecule has 9 heteroatoms. The molecule has 0 saturated heterocycles. The van der Waals surface area contributed by atoms with Gasteiger partial charge in [-0.1, -0.05) is 0 Å². The lowest BCUT2D eigenvalue weighted by Crippen LogP contribution is -2.11. The van der Waals surface area contributed by atoms with Crippen molar-refractivity contribution in [3.63, 3.8) is 0 Å². The van der Waals surface area contributed by atoms with E-state index in [0.717, 1.165) is 41.4 Å². The minimum atomic E-state index is -1.64. The zero-order chi connectivity index (χ0) is 20.0. The highest BCUT2D eigenvalue weighted by atomic mass is 19.3. The molecule has 0 radical (unpaired) electrons. The second kappa shape index (κ2) is 6.91. The molecule has 5 rings (SSSR count). The van der Waals surface area contributed by atoms with E-state index in [-0.39, 0.29) is 12.5 Å². The highest BCUT2D eigenvalue weighted by molar-refractivity contribution is 5.68. The molecule has 1 aliphatic carbocycles. The average Bonchev–Trinajstić information content (AvgIpc) is 3.10. The minimum Gasteiger partial charge on any atom is -0.284 e. The van der Waals surface area contributed by atoms with Gasteiger partial charge < -0.3 is 0 Å². The molecule has 29 heavy (non-hydrogen) atoms. The smallest absolute Gasteiger partial charge is 0.266 e. The number of halogens is 2. The monoisotopic (exact) mass is 395 g/mol. The Morgan fingerprint density at radius 1 is 1.21 bits per heavy atom. The second-order valence-electron chi connectivity index (χ2n) is 7.37. The molecule has 148 valence electrons. The molecular formula is C20H19F2N7. The van der Waals surface area contributed by atoms with Crippen LogP contribution in [0.1, 0.15) is 25.3 Å². The van der Waals surface area contributed by atoms with E-state index in [1.807, 2.05) is 36.1 Å². The van der Waals surface area contributed by atoms with Crippen LogP contribution in [0.2, 0.25) is 0 Å². The molecule has 4 heterocycles. The lowest BCUT2D eigenvalue weighted by Gasteiger charge is -2.14. The Hall–Kier alpha value is -3.36. The number of allylic oxidation sites excluding steroid dienone is 1. The van der Waals surface area contributed by atoms with Crippen molar-refractivity contribution in [3.8, 4) is 22.6 Å². The van der Waals surface area contributed by atoms with Crippen molar-refractivity contribution in [3.05, 3.63) is 55.4 Å². The van der Waals surface area contributed by atoms with E-state index >= 15 is 0 Å². The number of hydrogen-bond donors (Lipinski definition) is 0. The van der Waals surface area contributed by atoms with Gasteiger partial charge in [-0.15, -0.1) is 0 Å². The molecule has 0 amide bonds. The van der Waals surface area contributed by atoms with Gasteiger partial charge in [0.15, 0.2) is 0 Å². The van der Waals surface area contributed by atoms with Gasteiger partial charge in [-0.05, 0) is 31.3 Å². The van der Waals surface area contributed by atoms with Crippen molar-refractivity contribution in [2.45, 2.75) is 25.3 Å². The van der Waals surface area contributed by atoms with E-state index in [9.17, 15) is 8.78 Å². The summed E-state index contributed by atoms with van der Waals surface area (Å²) in [5.41, 5.74) is 3.24. The highest BCUT2D eigenvalue weighted by Crippen LogP contribution is 2.42. The van der Waals surface area contributed by atoms with Gasteiger partial charge in [0.1, 0.15) is 11.5 Å². The third-order valence-electron chi connectivity index (χ3n) is 5.27. The zero-order valence-electron chi connectivity index (χ0n) is 15.8. The molecule has 1 saturated carbocycles. The van der Waals surface area contributed by atoms with Crippen LogP contribution in [0, 0.1) is 5.92 Å².